The van der Waals surface area contributed by atoms with E-state index in [2.05, 4.69) is 26.6 Å². The zero-order valence-electron chi connectivity index (χ0n) is 14.5. The third-order valence-corrected chi connectivity index (χ3v) is 5.11. The minimum atomic E-state index is -0.104. The highest BCUT2D eigenvalue weighted by molar-refractivity contribution is 9.10. The second-order valence-corrected chi connectivity index (χ2v) is 7.62. The minimum absolute atomic E-state index is 0.0682. The molecular formula is C20H19BrN2O3S. The lowest BCUT2D eigenvalue weighted by Gasteiger charge is -2.05. The molecule has 0 bridgehead atoms. The van der Waals surface area contributed by atoms with Gasteiger partial charge in [-0.1, -0.05) is 28.1 Å². The SMILES string of the molecule is O=C(CCCNC(=O)c1ccsc1)NCc1ccc(-c2ccc(Br)cc2)o1. The van der Waals surface area contributed by atoms with E-state index in [9.17, 15) is 9.59 Å². The van der Waals surface area contributed by atoms with Crippen molar-refractivity contribution in [3.8, 4) is 11.3 Å². The summed E-state index contributed by atoms with van der Waals surface area (Å²) in [5, 5.41) is 9.30. The molecule has 0 unspecified atom stereocenters. The average Bonchev–Trinajstić information content (AvgIpc) is 3.36. The molecule has 1 aromatic carbocycles. The van der Waals surface area contributed by atoms with E-state index in [-0.39, 0.29) is 11.8 Å². The van der Waals surface area contributed by atoms with Crippen LogP contribution in [0.1, 0.15) is 29.0 Å². The minimum Gasteiger partial charge on any atom is -0.459 e. The molecule has 2 N–H and O–H groups in total. The Hall–Kier alpha value is -2.38. The predicted octanol–water partition coefficient (Wildman–Crippen LogP) is 4.60. The quantitative estimate of drug-likeness (QED) is 0.496. The zero-order valence-corrected chi connectivity index (χ0v) is 16.9. The van der Waals surface area contributed by atoms with E-state index < -0.39 is 0 Å². The molecule has 0 fully saturated rings. The first-order valence-corrected chi connectivity index (χ1v) is 10.3. The number of carbonyl (C=O) groups is 2. The van der Waals surface area contributed by atoms with Crippen molar-refractivity contribution in [1.82, 2.24) is 10.6 Å². The van der Waals surface area contributed by atoms with Crippen LogP contribution in [-0.2, 0) is 11.3 Å². The van der Waals surface area contributed by atoms with Gasteiger partial charge in [0.05, 0.1) is 6.54 Å². The van der Waals surface area contributed by atoms with Crippen LogP contribution in [-0.4, -0.2) is 18.4 Å². The van der Waals surface area contributed by atoms with Gasteiger partial charge in [0.25, 0.3) is 5.91 Å². The molecule has 3 aromatic rings. The number of amides is 2. The number of halogens is 1. The molecule has 7 heteroatoms. The second kappa shape index (κ2) is 9.53. The molecule has 0 atom stereocenters. The summed E-state index contributed by atoms with van der Waals surface area (Å²) in [4.78, 5) is 23.7. The van der Waals surface area contributed by atoms with E-state index in [0.717, 1.165) is 15.8 Å². The van der Waals surface area contributed by atoms with Crippen molar-refractivity contribution < 1.29 is 14.0 Å². The summed E-state index contributed by atoms with van der Waals surface area (Å²) in [7, 11) is 0. The Kier molecular flexibility index (Phi) is 6.84. The van der Waals surface area contributed by atoms with E-state index in [1.165, 1.54) is 11.3 Å². The molecule has 27 heavy (non-hydrogen) atoms. The first-order valence-electron chi connectivity index (χ1n) is 8.53. The van der Waals surface area contributed by atoms with Crippen molar-refractivity contribution in [2.45, 2.75) is 19.4 Å². The lowest BCUT2D eigenvalue weighted by Crippen LogP contribution is -2.27. The van der Waals surface area contributed by atoms with Crippen LogP contribution in [0.25, 0.3) is 11.3 Å². The van der Waals surface area contributed by atoms with E-state index in [0.29, 0.717) is 37.3 Å². The smallest absolute Gasteiger partial charge is 0.252 e. The number of nitrogens with one attached hydrogen (secondary N) is 2. The van der Waals surface area contributed by atoms with Crippen molar-refractivity contribution in [3.63, 3.8) is 0 Å². The summed E-state index contributed by atoms with van der Waals surface area (Å²) in [6, 6.07) is 13.4. The Bertz CT molecular complexity index is 888. The summed E-state index contributed by atoms with van der Waals surface area (Å²) < 4.78 is 6.78. The third-order valence-electron chi connectivity index (χ3n) is 3.90. The standard InChI is InChI=1S/C20H19BrN2O3S/c21-16-5-3-14(4-6-16)18-8-7-17(26-18)12-23-19(24)2-1-10-22-20(25)15-9-11-27-13-15/h3-9,11,13H,1-2,10,12H2,(H,22,25)(H,23,24). The maximum Gasteiger partial charge on any atom is 0.252 e. The van der Waals surface area contributed by atoms with Crippen LogP contribution in [0.2, 0.25) is 0 Å². The molecule has 0 spiro atoms. The largest absolute Gasteiger partial charge is 0.459 e. The maximum absolute atomic E-state index is 11.9. The fourth-order valence-corrected chi connectivity index (χ4v) is 3.36. The highest BCUT2D eigenvalue weighted by atomic mass is 79.9. The van der Waals surface area contributed by atoms with Gasteiger partial charge in [-0.25, -0.2) is 0 Å². The zero-order chi connectivity index (χ0) is 19.1. The molecule has 0 aliphatic heterocycles. The van der Waals surface area contributed by atoms with Gasteiger partial charge < -0.3 is 15.1 Å². The summed E-state index contributed by atoms with van der Waals surface area (Å²) in [6.07, 6.45) is 0.939. The molecule has 3 rings (SSSR count). The summed E-state index contributed by atoms with van der Waals surface area (Å²) in [5.74, 6) is 1.30. The molecular weight excluding hydrogens is 428 g/mol. The van der Waals surface area contributed by atoms with Crippen molar-refractivity contribution >= 4 is 39.1 Å². The van der Waals surface area contributed by atoms with Crippen LogP contribution in [0, 0.1) is 0 Å². The number of thiophene rings is 1. The normalized spacial score (nSPS) is 10.6. The maximum atomic E-state index is 11.9. The molecule has 2 heterocycles. The summed E-state index contributed by atoms with van der Waals surface area (Å²) in [6.45, 7) is 0.813. The van der Waals surface area contributed by atoms with Gasteiger partial charge in [0.2, 0.25) is 5.91 Å². The van der Waals surface area contributed by atoms with Crippen LogP contribution in [0.15, 0.2) is 62.1 Å². The Labute approximate surface area is 169 Å². The third kappa shape index (κ3) is 5.80. The van der Waals surface area contributed by atoms with Crippen LogP contribution < -0.4 is 10.6 Å². The Morgan fingerprint density at radius 2 is 1.85 bits per heavy atom. The number of carbonyl (C=O) groups excluding carboxylic acids is 2. The van der Waals surface area contributed by atoms with E-state index in [1.807, 2.05) is 41.8 Å². The molecule has 0 saturated heterocycles. The van der Waals surface area contributed by atoms with Crippen LogP contribution in [0.5, 0.6) is 0 Å². The van der Waals surface area contributed by atoms with Gasteiger partial charge in [-0.3, -0.25) is 9.59 Å². The molecule has 0 aliphatic carbocycles. The van der Waals surface area contributed by atoms with E-state index in [4.69, 9.17) is 4.42 Å². The Morgan fingerprint density at radius 3 is 2.59 bits per heavy atom. The van der Waals surface area contributed by atoms with Crippen LogP contribution in [0.4, 0.5) is 0 Å². The van der Waals surface area contributed by atoms with Gasteiger partial charge in [0.15, 0.2) is 0 Å². The summed E-state index contributed by atoms with van der Waals surface area (Å²) >= 11 is 4.89. The van der Waals surface area contributed by atoms with E-state index >= 15 is 0 Å². The molecule has 0 aliphatic rings. The van der Waals surface area contributed by atoms with Crippen molar-refractivity contribution in [3.05, 3.63) is 69.0 Å². The Balaban J connectivity index is 1.37. The van der Waals surface area contributed by atoms with Crippen molar-refractivity contribution in [2.75, 3.05) is 6.54 Å². The number of furan rings is 1. The first-order chi connectivity index (χ1) is 13.1. The van der Waals surface area contributed by atoms with Gasteiger partial charge in [0, 0.05) is 33.9 Å². The monoisotopic (exact) mass is 446 g/mol. The van der Waals surface area contributed by atoms with Gasteiger partial charge in [0.1, 0.15) is 11.5 Å². The Morgan fingerprint density at radius 1 is 1.04 bits per heavy atom. The fraction of sp³-hybridized carbons (Fsp3) is 0.200. The number of benzene rings is 1. The number of hydrogen-bond acceptors (Lipinski definition) is 4. The molecule has 0 radical (unpaired) electrons. The van der Waals surface area contributed by atoms with Crippen LogP contribution >= 0.6 is 27.3 Å². The van der Waals surface area contributed by atoms with Gasteiger partial charge in [-0.2, -0.15) is 11.3 Å². The lowest BCUT2D eigenvalue weighted by molar-refractivity contribution is -0.121. The van der Waals surface area contributed by atoms with Crippen LogP contribution in [0.3, 0.4) is 0 Å². The molecule has 5 nitrogen and oxygen atoms in total. The highest BCUT2D eigenvalue weighted by Crippen LogP contribution is 2.23. The topological polar surface area (TPSA) is 71.3 Å². The second-order valence-electron chi connectivity index (χ2n) is 5.92. The predicted molar refractivity (Wildman–Crippen MR) is 110 cm³/mol. The molecule has 2 aromatic heterocycles. The van der Waals surface area contributed by atoms with Gasteiger partial charge >= 0.3 is 0 Å². The van der Waals surface area contributed by atoms with Gasteiger partial charge in [-0.05, 0) is 42.1 Å². The number of rotatable bonds is 8. The summed E-state index contributed by atoms with van der Waals surface area (Å²) in [5.41, 5.74) is 1.64. The first kappa shape index (κ1) is 19.4. The molecule has 2 amide bonds. The van der Waals surface area contributed by atoms with Crippen molar-refractivity contribution in [2.24, 2.45) is 0 Å². The lowest BCUT2D eigenvalue weighted by atomic mass is 10.2. The number of hydrogen-bond donors (Lipinski definition) is 2. The highest BCUT2D eigenvalue weighted by Gasteiger charge is 2.08. The average molecular weight is 447 g/mol. The van der Waals surface area contributed by atoms with Gasteiger partial charge in [-0.15, -0.1) is 0 Å². The van der Waals surface area contributed by atoms with Crippen molar-refractivity contribution in [1.29, 1.82) is 0 Å². The molecule has 140 valence electrons. The molecule has 0 saturated carbocycles. The fourth-order valence-electron chi connectivity index (χ4n) is 2.46. The van der Waals surface area contributed by atoms with E-state index in [1.54, 1.807) is 11.4 Å².